The van der Waals surface area contributed by atoms with Gasteiger partial charge in [-0.2, -0.15) is 0 Å². The zero-order chi connectivity index (χ0) is 10.0. The van der Waals surface area contributed by atoms with Gasteiger partial charge in [0.05, 0.1) is 5.56 Å². The summed E-state index contributed by atoms with van der Waals surface area (Å²) in [6.07, 6.45) is 0.0104. The molecule has 0 saturated carbocycles. The Balaban J connectivity index is 0.00000169. The van der Waals surface area contributed by atoms with Crippen LogP contribution in [0.15, 0.2) is 4.52 Å². The molecule has 1 aromatic heterocycles. The summed E-state index contributed by atoms with van der Waals surface area (Å²) >= 11 is 0. The van der Waals surface area contributed by atoms with E-state index in [1.54, 1.807) is 6.92 Å². The molecule has 1 aromatic rings. The fourth-order valence-corrected chi connectivity index (χ4v) is 0.922. The maximum atomic E-state index is 10.4. The minimum atomic E-state index is -1.12. The van der Waals surface area contributed by atoms with E-state index in [9.17, 15) is 4.79 Å². The average molecular weight is 267 g/mol. The molecule has 0 spiro atoms. The number of aromatic hydroxyl groups is 1. The quantitative estimate of drug-likeness (QED) is 0.722. The molecule has 80 valence electrons. The first-order valence-corrected chi connectivity index (χ1v) is 3.65. The lowest BCUT2D eigenvalue weighted by molar-refractivity contribution is -0.138. The summed E-state index contributed by atoms with van der Waals surface area (Å²) in [7, 11) is 0. The van der Waals surface area contributed by atoms with Gasteiger partial charge in [-0.15, -0.1) is 17.0 Å². The summed E-state index contributed by atoms with van der Waals surface area (Å²) in [5.41, 5.74) is 5.61. The molecule has 0 aromatic carbocycles. The van der Waals surface area contributed by atoms with Crippen LogP contribution in [-0.2, 0) is 11.2 Å². The Morgan fingerprint density at radius 2 is 2.29 bits per heavy atom. The molecule has 0 aliphatic rings. The third kappa shape index (κ3) is 2.71. The second-order valence-electron chi connectivity index (χ2n) is 2.69. The van der Waals surface area contributed by atoms with Gasteiger partial charge in [-0.3, -0.25) is 4.79 Å². The molecular formula is C7H11BrN2O4. The highest BCUT2D eigenvalue weighted by molar-refractivity contribution is 8.93. The van der Waals surface area contributed by atoms with Crippen molar-refractivity contribution >= 4 is 23.0 Å². The maximum Gasteiger partial charge on any atom is 0.320 e. The van der Waals surface area contributed by atoms with Crippen LogP contribution in [0.5, 0.6) is 5.88 Å². The second kappa shape index (κ2) is 4.97. The van der Waals surface area contributed by atoms with E-state index >= 15 is 0 Å². The van der Waals surface area contributed by atoms with Gasteiger partial charge in [-0.05, 0) is 12.1 Å². The third-order valence-electron chi connectivity index (χ3n) is 1.71. The highest BCUT2D eigenvalue weighted by atomic mass is 79.9. The van der Waals surface area contributed by atoms with Crippen molar-refractivity contribution in [2.75, 3.05) is 0 Å². The number of hydrogen-bond acceptors (Lipinski definition) is 5. The lowest BCUT2D eigenvalue weighted by Gasteiger charge is -2.03. The van der Waals surface area contributed by atoms with Crippen molar-refractivity contribution in [3.8, 4) is 5.88 Å². The number of carboxylic acids is 1. The van der Waals surface area contributed by atoms with Crippen LogP contribution in [0.2, 0.25) is 0 Å². The van der Waals surface area contributed by atoms with Crippen LogP contribution < -0.4 is 5.73 Å². The first-order valence-electron chi connectivity index (χ1n) is 3.65. The van der Waals surface area contributed by atoms with Gasteiger partial charge in [0, 0.05) is 6.42 Å². The molecule has 1 rings (SSSR count). The topological polar surface area (TPSA) is 110 Å². The summed E-state index contributed by atoms with van der Waals surface area (Å²) in [6, 6.07) is -1.05. The molecule has 4 N–H and O–H groups in total. The van der Waals surface area contributed by atoms with Crippen molar-refractivity contribution < 1.29 is 19.5 Å². The second-order valence-corrected chi connectivity index (χ2v) is 2.69. The van der Waals surface area contributed by atoms with Gasteiger partial charge < -0.3 is 20.5 Å². The minimum absolute atomic E-state index is 0. The summed E-state index contributed by atoms with van der Waals surface area (Å²) < 4.78 is 4.63. The van der Waals surface area contributed by atoms with Gasteiger partial charge in [-0.25, -0.2) is 0 Å². The van der Waals surface area contributed by atoms with Crippen LogP contribution >= 0.6 is 17.0 Å². The Bertz CT molecular complexity index is 306. The maximum absolute atomic E-state index is 10.4. The van der Waals surface area contributed by atoms with Gasteiger partial charge in [0.15, 0.2) is 0 Å². The SMILES string of the molecule is Br.Cc1onc(O)c1C[C@@H](N)C(=O)O. The summed E-state index contributed by atoms with van der Waals surface area (Å²) in [5, 5.41) is 20.9. The van der Waals surface area contributed by atoms with Gasteiger partial charge >= 0.3 is 5.97 Å². The van der Waals surface area contributed by atoms with Crippen molar-refractivity contribution in [2.45, 2.75) is 19.4 Å². The predicted molar refractivity (Wildman–Crippen MR) is 52.5 cm³/mol. The molecule has 0 aliphatic heterocycles. The van der Waals surface area contributed by atoms with Crippen LogP contribution in [0.4, 0.5) is 0 Å². The van der Waals surface area contributed by atoms with E-state index in [0.717, 1.165) is 0 Å². The van der Waals surface area contributed by atoms with Crippen LogP contribution in [0.25, 0.3) is 0 Å². The fourth-order valence-electron chi connectivity index (χ4n) is 0.922. The molecule has 14 heavy (non-hydrogen) atoms. The zero-order valence-electron chi connectivity index (χ0n) is 7.43. The highest BCUT2D eigenvalue weighted by Gasteiger charge is 2.19. The number of carbonyl (C=O) groups is 1. The lowest BCUT2D eigenvalue weighted by atomic mass is 10.1. The molecule has 6 nitrogen and oxygen atoms in total. The number of hydrogen-bond donors (Lipinski definition) is 3. The largest absolute Gasteiger partial charge is 0.491 e. The Kier molecular flexibility index (Phi) is 4.58. The van der Waals surface area contributed by atoms with E-state index in [-0.39, 0.29) is 29.3 Å². The molecule has 0 saturated heterocycles. The molecule has 0 radical (unpaired) electrons. The minimum Gasteiger partial charge on any atom is -0.491 e. The number of halogens is 1. The number of nitrogens with two attached hydrogens (primary N) is 1. The first-order chi connectivity index (χ1) is 6.02. The highest BCUT2D eigenvalue weighted by Crippen LogP contribution is 2.20. The summed E-state index contributed by atoms with van der Waals surface area (Å²) in [5.74, 6) is -1.04. The third-order valence-corrected chi connectivity index (χ3v) is 1.71. The van der Waals surface area contributed by atoms with Gasteiger partial charge in [0.2, 0.25) is 0 Å². The summed E-state index contributed by atoms with van der Waals surface area (Å²) in [6.45, 7) is 1.58. The van der Waals surface area contributed by atoms with Gasteiger partial charge in [0.1, 0.15) is 11.8 Å². The standard InChI is InChI=1S/C7H10N2O4.BrH/c1-3-4(6(10)9-13-3)2-5(8)7(11)12;/h5H,2,8H2,1H3,(H,9,10)(H,11,12);1H/t5-;/m1./s1. The smallest absolute Gasteiger partial charge is 0.320 e. The number of aromatic nitrogens is 1. The number of aliphatic carboxylic acids is 1. The van der Waals surface area contributed by atoms with E-state index in [1.165, 1.54) is 0 Å². The van der Waals surface area contributed by atoms with Crippen molar-refractivity contribution in [1.82, 2.24) is 5.16 Å². The first kappa shape index (κ1) is 12.9. The van der Waals surface area contributed by atoms with Crippen LogP contribution in [-0.4, -0.2) is 27.4 Å². The number of aryl methyl sites for hydroxylation is 1. The fraction of sp³-hybridized carbons (Fsp3) is 0.429. The van der Waals surface area contributed by atoms with Gasteiger partial charge in [-0.1, -0.05) is 0 Å². The molecule has 0 fully saturated rings. The van der Waals surface area contributed by atoms with E-state index in [2.05, 4.69) is 9.68 Å². The average Bonchev–Trinajstić information content (AvgIpc) is 2.35. The van der Waals surface area contributed by atoms with Crippen molar-refractivity contribution in [3.63, 3.8) is 0 Å². The molecule has 0 amide bonds. The molecular weight excluding hydrogens is 256 g/mol. The Morgan fingerprint density at radius 1 is 1.71 bits per heavy atom. The van der Waals surface area contributed by atoms with E-state index in [1.807, 2.05) is 0 Å². The van der Waals surface area contributed by atoms with Crippen LogP contribution in [0.1, 0.15) is 11.3 Å². The Hall–Kier alpha value is -1.08. The molecule has 7 heteroatoms. The van der Waals surface area contributed by atoms with Crippen LogP contribution in [0.3, 0.4) is 0 Å². The van der Waals surface area contributed by atoms with Crippen molar-refractivity contribution in [2.24, 2.45) is 5.73 Å². The van der Waals surface area contributed by atoms with Crippen molar-refractivity contribution in [3.05, 3.63) is 11.3 Å². The van der Waals surface area contributed by atoms with E-state index in [0.29, 0.717) is 11.3 Å². The van der Waals surface area contributed by atoms with Crippen LogP contribution in [0, 0.1) is 6.92 Å². The molecule has 0 unspecified atom stereocenters. The van der Waals surface area contributed by atoms with E-state index in [4.69, 9.17) is 15.9 Å². The molecule has 1 heterocycles. The number of nitrogens with zero attached hydrogens (tertiary/aromatic N) is 1. The monoisotopic (exact) mass is 266 g/mol. The van der Waals surface area contributed by atoms with Crippen molar-refractivity contribution in [1.29, 1.82) is 0 Å². The molecule has 0 bridgehead atoms. The lowest BCUT2D eigenvalue weighted by Crippen LogP contribution is -2.32. The Labute approximate surface area is 90.5 Å². The zero-order valence-corrected chi connectivity index (χ0v) is 9.14. The summed E-state index contributed by atoms with van der Waals surface area (Å²) in [4.78, 5) is 10.4. The van der Waals surface area contributed by atoms with Gasteiger partial charge in [0.25, 0.3) is 5.88 Å². The molecule has 1 atom stereocenters. The number of rotatable bonds is 3. The normalized spacial score (nSPS) is 11.9. The molecule has 0 aliphatic carbocycles. The van der Waals surface area contributed by atoms with E-state index < -0.39 is 12.0 Å². The predicted octanol–water partition coefficient (Wildman–Crippen LogP) is 0.221. The Morgan fingerprint density at radius 3 is 2.64 bits per heavy atom. The number of carboxylic acid groups (broad SMARTS) is 1.